The van der Waals surface area contributed by atoms with Gasteiger partial charge in [0.15, 0.2) is 11.5 Å². The van der Waals surface area contributed by atoms with Gasteiger partial charge in [0, 0.05) is 12.0 Å². The molecule has 1 aromatic rings. The molecule has 0 aromatic heterocycles. The van der Waals surface area contributed by atoms with Crippen molar-refractivity contribution in [3.8, 4) is 17.2 Å². The van der Waals surface area contributed by atoms with Crippen molar-refractivity contribution in [2.75, 3.05) is 13.3 Å². The lowest BCUT2D eigenvalue weighted by Gasteiger charge is -2.41. The summed E-state index contributed by atoms with van der Waals surface area (Å²) >= 11 is 0. The van der Waals surface area contributed by atoms with Crippen molar-refractivity contribution in [2.24, 2.45) is 5.92 Å². The molecule has 2 N–H and O–H groups in total. The maximum atomic E-state index is 10.3. The molecule has 1 saturated heterocycles. The molecule has 0 spiro atoms. The molecule has 1 saturated carbocycles. The van der Waals surface area contributed by atoms with Crippen molar-refractivity contribution in [2.45, 2.75) is 51.1 Å². The molecule has 4 rings (SSSR count). The number of nitrogens with one attached hydrogen (secondary N) is 1. The van der Waals surface area contributed by atoms with E-state index in [1.54, 1.807) is 11.0 Å². The molecule has 21 heavy (non-hydrogen) atoms. The summed E-state index contributed by atoms with van der Waals surface area (Å²) < 4.78 is 10.8. The molecule has 0 amide bonds. The first kappa shape index (κ1) is 13.3. The Balaban J connectivity index is 1.55. The van der Waals surface area contributed by atoms with Gasteiger partial charge in [-0.1, -0.05) is 6.42 Å². The molecular weight excluding hydrogens is 266 g/mol. The predicted molar refractivity (Wildman–Crippen MR) is 78.7 cm³/mol. The number of hydrogen-bond donors (Lipinski definition) is 2. The highest BCUT2D eigenvalue weighted by atomic mass is 16.7. The molecule has 2 heterocycles. The van der Waals surface area contributed by atoms with Crippen molar-refractivity contribution in [3.05, 3.63) is 17.7 Å². The molecule has 1 unspecified atom stereocenters. The van der Waals surface area contributed by atoms with Crippen LogP contribution in [0.1, 0.15) is 44.1 Å². The van der Waals surface area contributed by atoms with E-state index in [1.165, 1.54) is 45.1 Å². The zero-order chi connectivity index (χ0) is 14.2. The topological polar surface area (TPSA) is 43.1 Å². The minimum absolute atomic E-state index is 0.263. The first-order chi connectivity index (χ1) is 10.3. The third-order valence-corrected chi connectivity index (χ3v) is 5.50. The van der Waals surface area contributed by atoms with Gasteiger partial charge in [0.05, 0.1) is 18.2 Å². The molecule has 114 valence electrons. The van der Waals surface area contributed by atoms with Gasteiger partial charge in [-0.25, -0.2) is 0 Å². The summed E-state index contributed by atoms with van der Waals surface area (Å²) in [6.45, 7) is 2.40. The zero-order valence-electron chi connectivity index (χ0n) is 12.4. The van der Waals surface area contributed by atoms with Crippen molar-refractivity contribution in [1.82, 2.24) is 0 Å². The van der Waals surface area contributed by atoms with Crippen LogP contribution >= 0.6 is 0 Å². The van der Waals surface area contributed by atoms with Gasteiger partial charge in [-0.15, -0.1) is 0 Å². The van der Waals surface area contributed by atoms with Gasteiger partial charge in [0.25, 0.3) is 0 Å². The molecule has 0 bridgehead atoms. The highest BCUT2D eigenvalue weighted by Crippen LogP contribution is 2.37. The SMILES string of the molecule is Oc1cc2c(cc1C[NH+]1CCC[C@@H]3CCCC[C@@H]31)OCO2. The minimum atomic E-state index is 0.263. The van der Waals surface area contributed by atoms with Crippen LogP contribution in [0.5, 0.6) is 17.2 Å². The molecule has 1 aromatic carbocycles. The Morgan fingerprint density at radius 3 is 2.71 bits per heavy atom. The summed E-state index contributed by atoms with van der Waals surface area (Å²) in [6.07, 6.45) is 8.26. The standard InChI is InChI=1S/C17H23NO3/c19-15-9-17-16(20-11-21-17)8-13(15)10-18-7-3-5-12-4-1-2-6-14(12)18/h8-9,12,14,19H,1-7,10-11H2/p+1/t12-,14-/m0/s1. The van der Waals surface area contributed by atoms with Crippen LogP contribution in [0.4, 0.5) is 0 Å². The average molecular weight is 290 g/mol. The van der Waals surface area contributed by atoms with E-state index in [2.05, 4.69) is 0 Å². The number of quaternary nitrogens is 1. The van der Waals surface area contributed by atoms with Crippen LogP contribution in [0.2, 0.25) is 0 Å². The van der Waals surface area contributed by atoms with Gasteiger partial charge in [0.1, 0.15) is 12.3 Å². The Bertz CT molecular complexity index is 529. The molecule has 3 aliphatic rings. The van der Waals surface area contributed by atoms with Crippen LogP contribution in [0.15, 0.2) is 12.1 Å². The number of ether oxygens (including phenoxy) is 2. The molecule has 3 atom stereocenters. The van der Waals surface area contributed by atoms with E-state index in [0.717, 1.165) is 29.8 Å². The van der Waals surface area contributed by atoms with Crippen molar-refractivity contribution < 1.29 is 19.5 Å². The van der Waals surface area contributed by atoms with E-state index < -0.39 is 0 Å². The van der Waals surface area contributed by atoms with Gasteiger partial charge < -0.3 is 19.5 Å². The molecule has 0 radical (unpaired) electrons. The van der Waals surface area contributed by atoms with E-state index in [9.17, 15) is 5.11 Å². The number of phenols is 1. The maximum Gasteiger partial charge on any atom is 0.231 e. The zero-order valence-corrected chi connectivity index (χ0v) is 12.4. The Morgan fingerprint density at radius 1 is 1.05 bits per heavy atom. The van der Waals surface area contributed by atoms with Crippen LogP contribution in [0, 0.1) is 5.92 Å². The fourth-order valence-electron chi connectivity index (χ4n) is 4.45. The summed E-state index contributed by atoms with van der Waals surface area (Å²) in [5.74, 6) is 2.70. The molecule has 2 aliphatic heterocycles. The highest BCUT2D eigenvalue weighted by molar-refractivity contribution is 5.50. The van der Waals surface area contributed by atoms with Gasteiger partial charge >= 0.3 is 0 Å². The van der Waals surface area contributed by atoms with Gasteiger partial charge in [-0.2, -0.15) is 0 Å². The lowest BCUT2D eigenvalue weighted by Crippen LogP contribution is -3.16. The van der Waals surface area contributed by atoms with E-state index in [4.69, 9.17) is 9.47 Å². The fourth-order valence-corrected chi connectivity index (χ4v) is 4.45. The summed E-state index contributed by atoms with van der Waals surface area (Å²) in [5.41, 5.74) is 1.00. The number of aromatic hydroxyl groups is 1. The van der Waals surface area contributed by atoms with Crippen LogP contribution < -0.4 is 14.4 Å². The van der Waals surface area contributed by atoms with Crippen molar-refractivity contribution in [3.63, 3.8) is 0 Å². The summed E-state index contributed by atoms with van der Waals surface area (Å²) in [5, 5.41) is 10.3. The van der Waals surface area contributed by atoms with Gasteiger partial charge in [-0.05, 0) is 38.2 Å². The number of likely N-dealkylation sites (tertiary alicyclic amines) is 1. The van der Waals surface area contributed by atoms with Crippen molar-refractivity contribution >= 4 is 0 Å². The van der Waals surface area contributed by atoms with Gasteiger partial charge in [-0.3, -0.25) is 0 Å². The summed E-state index contributed by atoms with van der Waals surface area (Å²) in [7, 11) is 0. The first-order valence-corrected chi connectivity index (χ1v) is 8.27. The normalized spacial score (nSPS) is 31.0. The van der Waals surface area contributed by atoms with E-state index >= 15 is 0 Å². The maximum absolute atomic E-state index is 10.3. The summed E-state index contributed by atoms with van der Waals surface area (Å²) in [6, 6.07) is 4.47. The quantitative estimate of drug-likeness (QED) is 0.874. The number of rotatable bonds is 2. The Morgan fingerprint density at radius 2 is 1.81 bits per heavy atom. The molecule has 4 nitrogen and oxygen atoms in total. The largest absolute Gasteiger partial charge is 0.507 e. The minimum Gasteiger partial charge on any atom is -0.507 e. The van der Waals surface area contributed by atoms with Crippen LogP contribution in [-0.2, 0) is 6.54 Å². The van der Waals surface area contributed by atoms with Crippen LogP contribution in [0.3, 0.4) is 0 Å². The molecule has 2 fully saturated rings. The lowest BCUT2D eigenvalue weighted by molar-refractivity contribution is -0.949. The molecular formula is C17H24NO3+. The Kier molecular flexibility index (Phi) is 3.42. The Hall–Kier alpha value is -1.42. The molecule has 1 aliphatic carbocycles. The third-order valence-electron chi connectivity index (χ3n) is 5.50. The fraction of sp³-hybridized carbons (Fsp3) is 0.647. The van der Waals surface area contributed by atoms with Gasteiger partial charge in [0.2, 0.25) is 6.79 Å². The lowest BCUT2D eigenvalue weighted by atomic mass is 9.78. The number of phenolic OH excluding ortho intramolecular Hbond substituents is 1. The monoisotopic (exact) mass is 290 g/mol. The van der Waals surface area contributed by atoms with Crippen LogP contribution in [0.25, 0.3) is 0 Å². The van der Waals surface area contributed by atoms with Crippen LogP contribution in [-0.4, -0.2) is 24.5 Å². The number of fused-ring (bicyclic) bond motifs is 2. The average Bonchev–Trinajstić information content (AvgIpc) is 2.95. The smallest absolute Gasteiger partial charge is 0.231 e. The van der Waals surface area contributed by atoms with E-state index in [-0.39, 0.29) is 6.79 Å². The van der Waals surface area contributed by atoms with E-state index in [1.807, 2.05) is 6.07 Å². The van der Waals surface area contributed by atoms with E-state index in [0.29, 0.717) is 11.5 Å². The summed E-state index contributed by atoms with van der Waals surface area (Å²) in [4.78, 5) is 1.65. The second-order valence-corrected chi connectivity index (χ2v) is 6.71. The third kappa shape index (κ3) is 2.46. The second kappa shape index (κ2) is 5.41. The highest BCUT2D eigenvalue weighted by Gasteiger charge is 2.36. The number of hydrogen-bond acceptors (Lipinski definition) is 3. The Labute approximate surface area is 125 Å². The predicted octanol–water partition coefficient (Wildman–Crippen LogP) is 1.86. The second-order valence-electron chi connectivity index (χ2n) is 6.71. The number of benzene rings is 1. The first-order valence-electron chi connectivity index (χ1n) is 8.27. The number of piperidine rings is 1. The molecule has 4 heteroatoms. The van der Waals surface area contributed by atoms with Crippen molar-refractivity contribution in [1.29, 1.82) is 0 Å².